The Morgan fingerprint density at radius 2 is 1.79 bits per heavy atom. The molecule has 8 heteroatoms. The Balaban J connectivity index is 1.62. The fourth-order valence-corrected chi connectivity index (χ4v) is 3.93. The molecule has 0 radical (unpaired) electrons. The molecule has 0 unspecified atom stereocenters. The molecule has 0 atom stereocenters. The molecule has 3 rings (SSSR count). The Hall–Kier alpha value is -2.90. The lowest BCUT2D eigenvalue weighted by Crippen LogP contribution is -2.67. The summed E-state index contributed by atoms with van der Waals surface area (Å²) < 4.78 is 4.74. The van der Waals surface area contributed by atoms with Crippen LogP contribution in [0.4, 0.5) is 0 Å². The molecule has 2 aliphatic rings. The molecule has 1 aliphatic heterocycles. The van der Waals surface area contributed by atoms with Crippen LogP contribution in [0, 0.1) is 11.3 Å². The van der Waals surface area contributed by atoms with Crippen molar-refractivity contribution in [3.63, 3.8) is 0 Å². The Morgan fingerprint density at radius 1 is 1.14 bits per heavy atom. The zero-order chi connectivity index (χ0) is 21.0. The van der Waals surface area contributed by atoms with E-state index in [1.165, 1.54) is 14.0 Å². The van der Waals surface area contributed by atoms with E-state index in [1.807, 2.05) is 30.3 Å². The summed E-state index contributed by atoms with van der Waals surface area (Å²) in [7, 11) is 1.37. The van der Waals surface area contributed by atoms with Gasteiger partial charge in [-0.1, -0.05) is 30.3 Å². The van der Waals surface area contributed by atoms with Crippen LogP contribution in [0.5, 0.6) is 0 Å². The summed E-state index contributed by atoms with van der Waals surface area (Å²) in [6.45, 7) is 1.90. The minimum Gasteiger partial charge on any atom is -0.469 e. The fourth-order valence-electron chi connectivity index (χ4n) is 3.93. The lowest BCUT2D eigenvalue weighted by atomic mass is 9.72. The van der Waals surface area contributed by atoms with Gasteiger partial charge in [-0.15, -0.1) is 0 Å². The van der Waals surface area contributed by atoms with Crippen molar-refractivity contribution in [2.24, 2.45) is 11.3 Å². The van der Waals surface area contributed by atoms with Gasteiger partial charge in [0.05, 0.1) is 25.0 Å². The smallest absolute Gasteiger partial charge is 0.308 e. The molecule has 0 bridgehead atoms. The highest BCUT2D eigenvalue weighted by Crippen LogP contribution is 2.36. The predicted octanol–water partition coefficient (Wildman–Crippen LogP) is 0.262. The van der Waals surface area contributed by atoms with Gasteiger partial charge in [-0.05, 0) is 24.8 Å². The number of carbonyl (C=O) groups is 4. The number of hydrogen-bond donors (Lipinski definition) is 2. The minimum atomic E-state index is -0.705. The molecule has 1 saturated carbocycles. The topological polar surface area (TPSA) is 105 Å². The number of nitrogens with zero attached hydrogens (tertiary/aromatic N) is 1. The van der Waals surface area contributed by atoms with Gasteiger partial charge in [0.25, 0.3) is 0 Å². The third kappa shape index (κ3) is 4.75. The van der Waals surface area contributed by atoms with Crippen LogP contribution in [0.25, 0.3) is 0 Å². The first kappa shape index (κ1) is 20.8. The molecule has 0 spiro atoms. The van der Waals surface area contributed by atoms with Crippen LogP contribution < -0.4 is 10.6 Å². The second-order valence-corrected chi connectivity index (χ2v) is 7.96. The highest BCUT2D eigenvalue weighted by atomic mass is 16.5. The number of nitrogens with one attached hydrogen (secondary N) is 2. The summed E-state index contributed by atoms with van der Waals surface area (Å²) in [6, 6.07) is 9.64. The summed E-state index contributed by atoms with van der Waals surface area (Å²) >= 11 is 0. The van der Waals surface area contributed by atoms with E-state index in [1.54, 1.807) is 4.90 Å². The number of likely N-dealkylation sites (tertiary alicyclic amines) is 1. The molecule has 8 nitrogen and oxygen atoms in total. The quantitative estimate of drug-likeness (QED) is 0.638. The maximum Gasteiger partial charge on any atom is 0.308 e. The molecule has 1 aromatic carbocycles. The highest BCUT2D eigenvalue weighted by Gasteiger charge is 2.52. The number of hydrogen-bond acceptors (Lipinski definition) is 5. The first-order valence-electron chi connectivity index (χ1n) is 9.78. The van der Waals surface area contributed by atoms with E-state index in [4.69, 9.17) is 4.74 Å². The van der Waals surface area contributed by atoms with Gasteiger partial charge in [-0.25, -0.2) is 0 Å². The first-order valence-corrected chi connectivity index (χ1v) is 9.78. The van der Waals surface area contributed by atoms with Crippen molar-refractivity contribution < 1.29 is 23.9 Å². The van der Waals surface area contributed by atoms with E-state index in [0.29, 0.717) is 32.4 Å². The van der Waals surface area contributed by atoms with Crippen molar-refractivity contribution in [2.45, 2.75) is 32.2 Å². The van der Waals surface area contributed by atoms with Crippen LogP contribution in [-0.2, 0) is 30.3 Å². The summed E-state index contributed by atoms with van der Waals surface area (Å²) in [5.74, 6) is -0.970. The summed E-state index contributed by atoms with van der Waals surface area (Å²) in [5.41, 5.74) is 0.321. The average molecular weight is 401 g/mol. The molecule has 1 saturated heterocycles. The molecule has 1 aromatic rings. The lowest BCUT2D eigenvalue weighted by Gasteiger charge is -2.50. The predicted molar refractivity (Wildman–Crippen MR) is 105 cm³/mol. The number of benzene rings is 1. The average Bonchev–Trinajstić information content (AvgIpc) is 2.64. The van der Waals surface area contributed by atoms with Gasteiger partial charge < -0.3 is 20.3 Å². The highest BCUT2D eigenvalue weighted by molar-refractivity contribution is 5.90. The van der Waals surface area contributed by atoms with E-state index in [2.05, 4.69) is 10.6 Å². The number of ether oxygens (including phenoxy) is 1. The molecular weight excluding hydrogens is 374 g/mol. The van der Waals surface area contributed by atoms with Crippen LogP contribution >= 0.6 is 0 Å². The SMILES string of the molecule is COC(=O)C1CC(NC(=O)C2(Cc3ccccc3)CN(C(=O)CNC(C)=O)C2)C1. The molecular formula is C21H27N3O5. The fraction of sp³-hybridized carbons (Fsp3) is 0.524. The van der Waals surface area contributed by atoms with Crippen LogP contribution in [0.15, 0.2) is 30.3 Å². The van der Waals surface area contributed by atoms with Crippen molar-refractivity contribution in [1.82, 2.24) is 15.5 Å². The molecule has 0 aromatic heterocycles. The summed E-state index contributed by atoms with van der Waals surface area (Å²) in [6.07, 6.45) is 1.67. The number of carbonyl (C=O) groups excluding carboxylic acids is 4. The van der Waals surface area contributed by atoms with Crippen molar-refractivity contribution in [3.05, 3.63) is 35.9 Å². The van der Waals surface area contributed by atoms with E-state index in [-0.39, 0.29) is 42.2 Å². The van der Waals surface area contributed by atoms with Gasteiger partial charge in [-0.3, -0.25) is 19.2 Å². The molecule has 1 aliphatic carbocycles. The Labute approximate surface area is 170 Å². The minimum absolute atomic E-state index is 0.0524. The Morgan fingerprint density at radius 3 is 2.38 bits per heavy atom. The summed E-state index contributed by atoms with van der Waals surface area (Å²) in [5, 5.41) is 5.54. The largest absolute Gasteiger partial charge is 0.469 e. The lowest BCUT2D eigenvalue weighted by molar-refractivity contribution is -0.156. The van der Waals surface area contributed by atoms with Gasteiger partial charge in [0.15, 0.2) is 0 Å². The Kier molecular flexibility index (Phi) is 6.20. The van der Waals surface area contributed by atoms with Crippen LogP contribution in [0.3, 0.4) is 0 Å². The van der Waals surface area contributed by atoms with Crippen LogP contribution in [0.1, 0.15) is 25.3 Å². The maximum absolute atomic E-state index is 13.1. The molecule has 156 valence electrons. The molecule has 1 heterocycles. The van der Waals surface area contributed by atoms with Gasteiger partial charge in [-0.2, -0.15) is 0 Å². The molecule has 2 fully saturated rings. The third-order valence-corrected chi connectivity index (χ3v) is 5.70. The molecule has 29 heavy (non-hydrogen) atoms. The maximum atomic E-state index is 13.1. The van der Waals surface area contributed by atoms with E-state index in [9.17, 15) is 19.2 Å². The van der Waals surface area contributed by atoms with Crippen molar-refractivity contribution >= 4 is 23.7 Å². The first-order chi connectivity index (χ1) is 13.8. The Bertz CT molecular complexity index is 783. The zero-order valence-corrected chi connectivity index (χ0v) is 16.8. The van der Waals surface area contributed by atoms with E-state index >= 15 is 0 Å². The molecule has 3 amide bonds. The standard InChI is InChI=1S/C21H27N3O5/c1-14(25)22-11-18(26)24-12-21(13-24,10-15-6-4-3-5-7-15)20(28)23-17-8-16(9-17)19(27)29-2/h3-7,16-17H,8-13H2,1-2H3,(H,22,25)(H,23,28). The normalized spacial score (nSPS) is 21.9. The second kappa shape index (κ2) is 8.63. The van der Waals surface area contributed by atoms with E-state index < -0.39 is 5.41 Å². The number of amides is 3. The van der Waals surface area contributed by atoms with Gasteiger partial charge in [0.1, 0.15) is 0 Å². The van der Waals surface area contributed by atoms with Crippen LogP contribution in [0.2, 0.25) is 0 Å². The van der Waals surface area contributed by atoms with Gasteiger partial charge in [0, 0.05) is 26.1 Å². The second-order valence-electron chi connectivity index (χ2n) is 7.96. The van der Waals surface area contributed by atoms with Crippen molar-refractivity contribution in [3.8, 4) is 0 Å². The van der Waals surface area contributed by atoms with Crippen molar-refractivity contribution in [1.29, 1.82) is 0 Å². The number of esters is 1. The van der Waals surface area contributed by atoms with Crippen LogP contribution in [-0.4, -0.2) is 61.4 Å². The number of rotatable bonds is 7. The number of methoxy groups -OCH3 is 1. The van der Waals surface area contributed by atoms with E-state index in [0.717, 1.165) is 5.56 Å². The zero-order valence-electron chi connectivity index (χ0n) is 16.8. The summed E-state index contributed by atoms with van der Waals surface area (Å²) in [4.78, 5) is 49.5. The van der Waals surface area contributed by atoms with Gasteiger partial charge >= 0.3 is 5.97 Å². The monoisotopic (exact) mass is 401 g/mol. The third-order valence-electron chi connectivity index (χ3n) is 5.70. The molecule has 2 N–H and O–H groups in total. The van der Waals surface area contributed by atoms with Gasteiger partial charge in [0.2, 0.25) is 17.7 Å². The van der Waals surface area contributed by atoms with Crippen molar-refractivity contribution in [2.75, 3.05) is 26.7 Å².